The molecule has 1 aromatic carbocycles. The maximum absolute atomic E-state index is 12.8. The fourth-order valence-corrected chi connectivity index (χ4v) is 5.06. The van der Waals surface area contributed by atoms with E-state index >= 15 is 0 Å². The van der Waals surface area contributed by atoms with E-state index in [1.54, 1.807) is 12.1 Å². The second kappa shape index (κ2) is 6.94. The minimum absolute atomic E-state index is 0.116. The van der Waals surface area contributed by atoms with E-state index in [1.807, 2.05) is 12.1 Å². The molecule has 0 saturated carbocycles. The Balaban J connectivity index is 1.43. The van der Waals surface area contributed by atoms with Crippen LogP contribution in [0.15, 0.2) is 41.4 Å². The highest BCUT2D eigenvalue weighted by Crippen LogP contribution is 2.28. The van der Waals surface area contributed by atoms with Crippen LogP contribution in [0.1, 0.15) is 34.5 Å². The van der Waals surface area contributed by atoms with E-state index in [0.29, 0.717) is 10.6 Å². The number of nitrogens with zero attached hydrogens (tertiary/aromatic N) is 2. The van der Waals surface area contributed by atoms with Gasteiger partial charge in [-0.25, -0.2) is 8.42 Å². The van der Waals surface area contributed by atoms with E-state index in [-0.39, 0.29) is 24.9 Å². The Morgan fingerprint density at radius 2 is 1.85 bits per heavy atom. The van der Waals surface area contributed by atoms with Crippen LogP contribution in [0.5, 0.6) is 5.75 Å². The summed E-state index contributed by atoms with van der Waals surface area (Å²) in [5.74, 6) is -0.180. The Morgan fingerprint density at radius 1 is 1.11 bits per heavy atom. The lowest BCUT2D eigenvalue weighted by atomic mass is 9.92. The van der Waals surface area contributed by atoms with Crippen LogP contribution < -0.4 is 10.5 Å². The van der Waals surface area contributed by atoms with Crippen LogP contribution in [0.25, 0.3) is 0 Å². The molecule has 2 aromatic rings. The van der Waals surface area contributed by atoms with Crippen molar-refractivity contribution in [2.75, 3.05) is 13.1 Å². The minimum atomic E-state index is -3.52. The molecule has 2 heterocycles. The van der Waals surface area contributed by atoms with Gasteiger partial charge in [-0.1, -0.05) is 6.07 Å². The summed E-state index contributed by atoms with van der Waals surface area (Å²) in [4.78, 5) is 15.4. The topological polar surface area (TPSA) is 103 Å². The van der Waals surface area contributed by atoms with Crippen LogP contribution in [0.2, 0.25) is 0 Å². The molecule has 0 unspecified atom stereocenters. The number of nitrogens with two attached hydrogens (primary N) is 1. The molecule has 2 N–H and O–H groups in total. The Kier molecular flexibility index (Phi) is 4.61. The summed E-state index contributed by atoms with van der Waals surface area (Å²) in [5.41, 5.74) is 7.73. The molecule has 0 radical (unpaired) electrons. The average Bonchev–Trinajstić information content (AvgIpc) is 2.64. The van der Waals surface area contributed by atoms with Crippen molar-refractivity contribution in [1.29, 1.82) is 0 Å². The molecule has 1 aliphatic carbocycles. The third-order valence-corrected chi connectivity index (χ3v) is 6.89. The fourth-order valence-electron chi connectivity index (χ4n) is 3.50. The normalized spacial score (nSPS) is 17.8. The summed E-state index contributed by atoms with van der Waals surface area (Å²) in [5, 5.41) is 0. The monoisotopic (exact) mass is 387 g/mol. The molecule has 1 saturated heterocycles. The second-order valence-corrected chi connectivity index (χ2v) is 8.88. The largest absolute Gasteiger partial charge is 0.488 e. The quantitative estimate of drug-likeness (QED) is 0.838. The molecule has 142 valence electrons. The number of benzene rings is 1. The first-order chi connectivity index (χ1) is 12.9. The van der Waals surface area contributed by atoms with Crippen LogP contribution in [-0.4, -0.2) is 42.8 Å². The molecular weight excluding hydrogens is 366 g/mol. The van der Waals surface area contributed by atoms with Gasteiger partial charge in [-0.05, 0) is 55.0 Å². The van der Waals surface area contributed by atoms with Crippen LogP contribution >= 0.6 is 0 Å². The molecule has 1 aromatic heterocycles. The first-order valence-corrected chi connectivity index (χ1v) is 10.4. The molecule has 4 rings (SSSR count). The SMILES string of the molecule is NC(=O)c1cc(OC2CN(S(=O)(=O)c3ccc4c(c3)CCCC4)C2)ccn1. The second-order valence-electron chi connectivity index (χ2n) is 6.94. The first-order valence-electron chi connectivity index (χ1n) is 8.98. The molecule has 8 heteroatoms. The fraction of sp³-hybridized carbons (Fsp3) is 0.368. The average molecular weight is 387 g/mol. The van der Waals surface area contributed by atoms with Crippen molar-refractivity contribution >= 4 is 15.9 Å². The zero-order valence-corrected chi connectivity index (χ0v) is 15.6. The Labute approximate surface area is 158 Å². The molecule has 27 heavy (non-hydrogen) atoms. The molecular formula is C19H21N3O4S. The molecule has 1 amide bonds. The predicted octanol–water partition coefficient (Wildman–Crippen LogP) is 1.51. The molecule has 0 atom stereocenters. The number of primary amides is 1. The predicted molar refractivity (Wildman–Crippen MR) is 99.0 cm³/mol. The molecule has 7 nitrogen and oxygen atoms in total. The molecule has 1 aliphatic heterocycles. The van der Waals surface area contributed by atoms with Gasteiger partial charge in [0.1, 0.15) is 17.5 Å². The lowest BCUT2D eigenvalue weighted by Crippen LogP contribution is -2.55. The number of carbonyl (C=O) groups is 1. The third kappa shape index (κ3) is 3.54. The number of ether oxygens (including phenoxy) is 1. The number of pyridine rings is 1. The van der Waals surface area contributed by atoms with Crippen molar-refractivity contribution in [2.45, 2.75) is 36.7 Å². The number of rotatable bonds is 5. The van der Waals surface area contributed by atoms with E-state index < -0.39 is 15.9 Å². The minimum Gasteiger partial charge on any atom is -0.488 e. The summed E-state index contributed by atoms with van der Waals surface area (Å²) in [6.07, 6.45) is 5.41. The van der Waals surface area contributed by atoms with Crippen LogP contribution in [0.4, 0.5) is 0 Å². The van der Waals surface area contributed by atoms with Crippen LogP contribution in [0, 0.1) is 0 Å². The number of hydrogen-bond acceptors (Lipinski definition) is 5. The van der Waals surface area contributed by atoms with Gasteiger partial charge in [-0.3, -0.25) is 9.78 Å². The van der Waals surface area contributed by atoms with Crippen LogP contribution in [-0.2, 0) is 22.9 Å². The first kappa shape index (κ1) is 17.9. The van der Waals surface area contributed by atoms with Gasteiger partial charge in [-0.15, -0.1) is 0 Å². The van der Waals surface area contributed by atoms with Crippen molar-refractivity contribution in [1.82, 2.24) is 9.29 Å². The van der Waals surface area contributed by atoms with Gasteiger partial charge in [0, 0.05) is 12.3 Å². The molecule has 0 bridgehead atoms. The lowest BCUT2D eigenvalue weighted by Gasteiger charge is -2.38. The molecule has 1 fully saturated rings. The highest BCUT2D eigenvalue weighted by molar-refractivity contribution is 7.89. The third-order valence-electron chi connectivity index (χ3n) is 5.06. The highest BCUT2D eigenvalue weighted by Gasteiger charge is 2.38. The van der Waals surface area contributed by atoms with Gasteiger partial charge in [0.2, 0.25) is 10.0 Å². The number of hydrogen-bond donors (Lipinski definition) is 1. The Morgan fingerprint density at radius 3 is 2.59 bits per heavy atom. The van der Waals surface area contributed by atoms with Gasteiger partial charge < -0.3 is 10.5 Å². The van der Waals surface area contributed by atoms with Gasteiger partial charge in [0.05, 0.1) is 18.0 Å². The summed E-state index contributed by atoms with van der Waals surface area (Å²) in [6.45, 7) is 0.543. The maximum Gasteiger partial charge on any atom is 0.267 e. The van der Waals surface area contributed by atoms with Crippen molar-refractivity contribution < 1.29 is 17.9 Å². The van der Waals surface area contributed by atoms with E-state index in [9.17, 15) is 13.2 Å². The van der Waals surface area contributed by atoms with Gasteiger partial charge >= 0.3 is 0 Å². The number of sulfonamides is 1. The van der Waals surface area contributed by atoms with Gasteiger partial charge in [0.25, 0.3) is 5.91 Å². The summed E-state index contributed by atoms with van der Waals surface area (Å²) < 4.78 is 32.8. The zero-order valence-electron chi connectivity index (χ0n) is 14.8. The van der Waals surface area contributed by atoms with Gasteiger partial charge in [-0.2, -0.15) is 4.31 Å². The smallest absolute Gasteiger partial charge is 0.267 e. The van der Waals surface area contributed by atoms with E-state index in [1.165, 1.54) is 22.1 Å². The van der Waals surface area contributed by atoms with E-state index in [4.69, 9.17) is 10.5 Å². The number of aryl methyl sites for hydroxylation is 2. The Bertz CT molecular complexity index is 984. The maximum atomic E-state index is 12.8. The number of amides is 1. The van der Waals surface area contributed by atoms with E-state index in [0.717, 1.165) is 31.2 Å². The van der Waals surface area contributed by atoms with Crippen molar-refractivity contribution in [3.05, 3.63) is 53.3 Å². The van der Waals surface area contributed by atoms with E-state index in [2.05, 4.69) is 4.98 Å². The number of carbonyl (C=O) groups excluding carboxylic acids is 1. The van der Waals surface area contributed by atoms with Crippen molar-refractivity contribution in [3.63, 3.8) is 0 Å². The van der Waals surface area contributed by atoms with Crippen molar-refractivity contribution in [2.24, 2.45) is 5.73 Å². The van der Waals surface area contributed by atoms with Gasteiger partial charge in [0.15, 0.2) is 0 Å². The number of aromatic nitrogens is 1. The summed E-state index contributed by atoms with van der Waals surface area (Å²) >= 11 is 0. The lowest BCUT2D eigenvalue weighted by molar-refractivity contribution is 0.0758. The molecule has 0 spiro atoms. The highest BCUT2D eigenvalue weighted by atomic mass is 32.2. The summed E-state index contributed by atoms with van der Waals surface area (Å²) in [7, 11) is -3.52. The zero-order chi connectivity index (χ0) is 19.0. The number of fused-ring (bicyclic) bond motifs is 1. The van der Waals surface area contributed by atoms with Crippen molar-refractivity contribution in [3.8, 4) is 5.75 Å². The standard InChI is InChI=1S/C19H21N3O4S/c20-19(23)18-10-15(7-8-21-18)26-16-11-22(12-16)27(24,25)17-6-5-13-3-1-2-4-14(13)9-17/h5-10,16H,1-4,11-12H2,(H2,20,23). The van der Waals surface area contributed by atoms with Crippen LogP contribution in [0.3, 0.4) is 0 Å². The summed E-state index contributed by atoms with van der Waals surface area (Å²) in [6, 6.07) is 8.54. The molecule has 2 aliphatic rings. The Hall–Kier alpha value is -2.45.